The third kappa shape index (κ3) is 3.65. The third-order valence-corrected chi connectivity index (χ3v) is 3.98. The lowest BCUT2D eigenvalue weighted by molar-refractivity contribution is -0.355. The first-order valence-electron chi connectivity index (χ1n) is 7.08. The maximum absolute atomic E-state index is 9.94. The number of hydrogen-bond donors (Lipinski definition) is 8. The first-order valence-corrected chi connectivity index (χ1v) is 7.08. The fourth-order valence-corrected chi connectivity index (χ4v) is 2.57. The van der Waals surface area contributed by atoms with E-state index >= 15 is 0 Å². The van der Waals surface area contributed by atoms with Gasteiger partial charge in [-0.05, 0) is 0 Å². The van der Waals surface area contributed by atoms with Gasteiger partial charge in [-0.2, -0.15) is 0 Å². The second kappa shape index (κ2) is 7.63. The van der Waals surface area contributed by atoms with E-state index in [1.807, 2.05) is 0 Å². The lowest BCUT2D eigenvalue weighted by Crippen LogP contribution is -2.64. The molecule has 136 valence electrons. The summed E-state index contributed by atoms with van der Waals surface area (Å²) in [5.41, 5.74) is 0. The summed E-state index contributed by atoms with van der Waals surface area (Å²) < 4.78 is 15.3. The quantitative estimate of drug-likeness (QED) is 0.243. The number of rotatable bonds is 4. The highest BCUT2D eigenvalue weighted by Gasteiger charge is 2.50. The Balaban J connectivity index is 2.11. The van der Waals surface area contributed by atoms with Gasteiger partial charge in [0.05, 0.1) is 13.2 Å². The van der Waals surface area contributed by atoms with Gasteiger partial charge in [0.1, 0.15) is 48.8 Å². The Hall–Kier alpha value is -0.440. The van der Waals surface area contributed by atoms with E-state index < -0.39 is 74.6 Å². The van der Waals surface area contributed by atoms with Gasteiger partial charge in [-0.15, -0.1) is 0 Å². The van der Waals surface area contributed by atoms with Crippen molar-refractivity contribution in [3.8, 4) is 0 Å². The van der Waals surface area contributed by atoms with Crippen LogP contribution in [0, 0.1) is 0 Å². The van der Waals surface area contributed by atoms with E-state index in [4.69, 9.17) is 19.3 Å². The Kier molecular flexibility index (Phi) is 6.27. The molecule has 0 aromatic rings. The van der Waals surface area contributed by atoms with E-state index in [-0.39, 0.29) is 0 Å². The number of aliphatic hydroxyl groups excluding tert-OH is 8. The van der Waals surface area contributed by atoms with Crippen molar-refractivity contribution >= 4 is 0 Å². The summed E-state index contributed by atoms with van der Waals surface area (Å²) >= 11 is 0. The van der Waals surface area contributed by atoms with Crippen molar-refractivity contribution in [1.82, 2.24) is 0 Å². The Bertz CT molecular complexity index is 378. The monoisotopic (exact) mass is 342 g/mol. The van der Waals surface area contributed by atoms with Crippen LogP contribution >= 0.6 is 0 Å². The zero-order valence-electron chi connectivity index (χ0n) is 12.0. The van der Waals surface area contributed by atoms with Crippen molar-refractivity contribution in [2.24, 2.45) is 0 Å². The van der Waals surface area contributed by atoms with Gasteiger partial charge in [0.25, 0.3) is 0 Å². The molecule has 2 heterocycles. The van der Waals surface area contributed by atoms with Crippen molar-refractivity contribution in [1.29, 1.82) is 0 Å². The molecule has 0 spiro atoms. The summed E-state index contributed by atoms with van der Waals surface area (Å²) in [6.45, 7) is -1.35. The molecule has 0 saturated carbocycles. The molecule has 10 atom stereocenters. The largest absolute Gasteiger partial charge is 0.394 e. The Morgan fingerprint density at radius 1 is 0.652 bits per heavy atom. The molecular weight excluding hydrogens is 320 g/mol. The summed E-state index contributed by atoms with van der Waals surface area (Å²) in [6, 6.07) is 0. The average molecular weight is 342 g/mol. The van der Waals surface area contributed by atoms with Crippen LogP contribution in [0.15, 0.2) is 0 Å². The molecule has 23 heavy (non-hydrogen) atoms. The van der Waals surface area contributed by atoms with Gasteiger partial charge in [0.2, 0.25) is 0 Å². The number of hydrogen-bond acceptors (Lipinski definition) is 11. The molecule has 2 saturated heterocycles. The molecule has 0 bridgehead atoms. The smallest absolute Gasteiger partial charge is 0.187 e. The highest BCUT2D eigenvalue weighted by Crippen LogP contribution is 2.28. The summed E-state index contributed by atoms with van der Waals surface area (Å²) in [7, 11) is 0. The zero-order chi connectivity index (χ0) is 17.3. The maximum Gasteiger partial charge on any atom is 0.187 e. The van der Waals surface area contributed by atoms with Gasteiger partial charge in [-0.25, -0.2) is 0 Å². The lowest BCUT2D eigenvalue weighted by atomic mass is 9.97. The number of ether oxygens (including phenoxy) is 3. The lowest BCUT2D eigenvalue weighted by Gasteiger charge is -2.45. The molecule has 0 aliphatic carbocycles. The van der Waals surface area contributed by atoms with E-state index in [1.54, 1.807) is 0 Å². The molecule has 0 radical (unpaired) electrons. The minimum absolute atomic E-state index is 0.667. The Labute approximate surface area is 130 Å². The van der Waals surface area contributed by atoms with Crippen LogP contribution in [0.25, 0.3) is 0 Å². The molecule has 0 amide bonds. The zero-order valence-corrected chi connectivity index (χ0v) is 12.0. The van der Waals surface area contributed by atoms with Crippen LogP contribution in [0.1, 0.15) is 0 Å². The van der Waals surface area contributed by atoms with Crippen molar-refractivity contribution < 1.29 is 55.1 Å². The minimum atomic E-state index is -1.74. The second-order valence-corrected chi connectivity index (χ2v) is 5.53. The predicted octanol–water partition coefficient (Wildman–Crippen LogP) is -5.40. The van der Waals surface area contributed by atoms with E-state index in [1.165, 1.54) is 0 Å². The van der Waals surface area contributed by atoms with Crippen LogP contribution in [-0.4, -0.2) is 115 Å². The second-order valence-electron chi connectivity index (χ2n) is 5.53. The van der Waals surface area contributed by atoms with E-state index in [0.29, 0.717) is 0 Å². The van der Waals surface area contributed by atoms with Crippen molar-refractivity contribution in [2.45, 2.75) is 61.4 Å². The SMILES string of the molecule is OCC1O[C@@H](O[C@@H]2C(CO)OC(O)C(O)C2O)[C@@H](O)C(O)[C@@H]1O. The fourth-order valence-electron chi connectivity index (χ4n) is 2.57. The van der Waals surface area contributed by atoms with Gasteiger partial charge in [0.15, 0.2) is 12.6 Å². The standard InChI is InChI=1S/C12H22O11/c13-1-3-5(15)6(16)9(19)12(22-3)23-10-4(2-14)21-11(20)8(18)7(10)17/h3-20H,1-2H2/t3?,4?,5-,6?,7?,8?,9+,10-,11?,12+/m1/s1. The molecule has 2 aliphatic rings. The van der Waals surface area contributed by atoms with Crippen LogP contribution in [0.5, 0.6) is 0 Å². The number of aliphatic hydroxyl groups is 8. The summed E-state index contributed by atoms with van der Waals surface area (Å²) in [5, 5.41) is 76.5. The van der Waals surface area contributed by atoms with Gasteiger partial charge in [0, 0.05) is 0 Å². The topological polar surface area (TPSA) is 190 Å². The predicted molar refractivity (Wildman–Crippen MR) is 68.6 cm³/mol. The van der Waals surface area contributed by atoms with Crippen LogP contribution in [0.2, 0.25) is 0 Å². The first kappa shape index (κ1) is 18.9. The van der Waals surface area contributed by atoms with Crippen LogP contribution < -0.4 is 0 Å². The molecular formula is C12H22O11. The molecule has 0 aromatic carbocycles. The normalized spacial score (nSPS) is 51.7. The average Bonchev–Trinajstić information content (AvgIpc) is 2.55. The van der Waals surface area contributed by atoms with Gasteiger partial charge in [-0.3, -0.25) is 0 Å². The molecule has 6 unspecified atom stereocenters. The van der Waals surface area contributed by atoms with E-state index in [0.717, 1.165) is 0 Å². The summed E-state index contributed by atoms with van der Waals surface area (Å²) in [6.07, 6.45) is -15.6. The van der Waals surface area contributed by atoms with Crippen molar-refractivity contribution in [3.63, 3.8) is 0 Å². The van der Waals surface area contributed by atoms with E-state index in [2.05, 4.69) is 0 Å². The molecule has 2 fully saturated rings. The molecule has 2 rings (SSSR count). The molecule has 0 aromatic heterocycles. The first-order chi connectivity index (χ1) is 10.8. The maximum atomic E-state index is 9.94. The van der Waals surface area contributed by atoms with Gasteiger partial charge < -0.3 is 55.1 Å². The van der Waals surface area contributed by atoms with Gasteiger partial charge >= 0.3 is 0 Å². The molecule has 11 heteroatoms. The fraction of sp³-hybridized carbons (Fsp3) is 1.00. The van der Waals surface area contributed by atoms with Crippen molar-refractivity contribution in [2.75, 3.05) is 13.2 Å². The Morgan fingerprint density at radius 2 is 1.26 bits per heavy atom. The highest BCUT2D eigenvalue weighted by molar-refractivity contribution is 4.93. The molecule has 8 N–H and O–H groups in total. The third-order valence-electron chi connectivity index (χ3n) is 3.98. The summed E-state index contributed by atoms with van der Waals surface area (Å²) in [5.74, 6) is 0. The van der Waals surface area contributed by atoms with E-state index in [9.17, 15) is 35.7 Å². The Morgan fingerprint density at radius 3 is 1.83 bits per heavy atom. The van der Waals surface area contributed by atoms with Gasteiger partial charge in [-0.1, -0.05) is 0 Å². The van der Waals surface area contributed by atoms with Crippen LogP contribution in [-0.2, 0) is 14.2 Å². The molecule has 2 aliphatic heterocycles. The molecule has 11 nitrogen and oxygen atoms in total. The highest BCUT2D eigenvalue weighted by atomic mass is 16.7. The van der Waals surface area contributed by atoms with Crippen LogP contribution in [0.3, 0.4) is 0 Å². The van der Waals surface area contributed by atoms with Crippen LogP contribution in [0.4, 0.5) is 0 Å². The van der Waals surface area contributed by atoms with Crippen molar-refractivity contribution in [3.05, 3.63) is 0 Å². The summed E-state index contributed by atoms with van der Waals surface area (Å²) in [4.78, 5) is 0. The minimum Gasteiger partial charge on any atom is -0.394 e.